The van der Waals surface area contributed by atoms with Gasteiger partial charge < -0.3 is 15.7 Å². The molecule has 0 radical (unpaired) electrons. The number of fused-ring (bicyclic) bond motifs is 3. The van der Waals surface area contributed by atoms with E-state index in [0.717, 1.165) is 27.5 Å². The number of rotatable bonds is 4. The number of hydrogen-bond donors (Lipinski definition) is 2. The summed E-state index contributed by atoms with van der Waals surface area (Å²) in [4.78, 5) is 25.6. The lowest BCUT2D eigenvalue weighted by Gasteiger charge is -2.15. The smallest absolute Gasteiger partial charge is 0.254 e. The molecule has 3 N–H and O–H groups in total. The Labute approximate surface area is 166 Å². The van der Waals surface area contributed by atoms with Gasteiger partial charge in [0.2, 0.25) is 5.91 Å². The summed E-state index contributed by atoms with van der Waals surface area (Å²) in [6, 6.07) is 14.7. The second-order valence-electron chi connectivity index (χ2n) is 6.82. The standard InChI is InChI=1S/C22H17ClN2O3/c1-12(21(24)27)10-25-11-18-16(22(25)28)6-4-13-2-3-14(8-17(13)18)15-5-7-20(26)19(23)9-15/h2-9,26H,1,10-11H2,(H2,24,27). The van der Waals surface area contributed by atoms with Gasteiger partial charge in [-0.25, -0.2) is 0 Å². The lowest BCUT2D eigenvalue weighted by Crippen LogP contribution is -2.30. The lowest BCUT2D eigenvalue weighted by molar-refractivity contribution is -0.114. The maximum absolute atomic E-state index is 12.7. The highest BCUT2D eigenvalue weighted by molar-refractivity contribution is 6.32. The minimum absolute atomic E-state index is 0.0306. The van der Waals surface area contributed by atoms with Crippen LogP contribution in [0.5, 0.6) is 5.75 Å². The number of benzene rings is 3. The van der Waals surface area contributed by atoms with E-state index in [0.29, 0.717) is 12.1 Å². The summed E-state index contributed by atoms with van der Waals surface area (Å²) in [6.45, 7) is 4.14. The van der Waals surface area contributed by atoms with Crippen molar-refractivity contribution in [2.45, 2.75) is 6.54 Å². The van der Waals surface area contributed by atoms with Gasteiger partial charge in [0.05, 0.1) is 11.6 Å². The third kappa shape index (κ3) is 3.00. The molecule has 4 rings (SSSR count). The van der Waals surface area contributed by atoms with Gasteiger partial charge in [-0.3, -0.25) is 9.59 Å². The molecule has 6 heteroatoms. The van der Waals surface area contributed by atoms with Crippen LogP contribution in [-0.2, 0) is 11.3 Å². The number of carbonyl (C=O) groups excluding carboxylic acids is 2. The van der Waals surface area contributed by atoms with Crippen molar-refractivity contribution in [2.24, 2.45) is 5.73 Å². The first-order valence-corrected chi connectivity index (χ1v) is 9.04. The van der Waals surface area contributed by atoms with E-state index in [1.54, 1.807) is 23.1 Å². The largest absolute Gasteiger partial charge is 0.506 e. The molecule has 0 fully saturated rings. The molecule has 3 aromatic rings. The van der Waals surface area contributed by atoms with Gasteiger partial charge in [0.1, 0.15) is 5.75 Å². The van der Waals surface area contributed by atoms with Crippen LogP contribution in [-0.4, -0.2) is 28.4 Å². The molecule has 3 aromatic carbocycles. The molecule has 0 saturated heterocycles. The van der Waals surface area contributed by atoms with E-state index < -0.39 is 5.91 Å². The molecule has 0 bridgehead atoms. The average molecular weight is 393 g/mol. The molecule has 0 saturated carbocycles. The van der Waals surface area contributed by atoms with Crippen LogP contribution >= 0.6 is 11.6 Å². The zero-order chi connectivity index (χ0) is 20.0. The van der Waals surface area contributed by atoms with E-state index in [9.17, 15) is 14.7 Å². The minimum atomic E-state index is -0.611. The Bertz CT molecular complexity index is 1170. The number of halogens is 1. The van der Waals surface area contributed by atoms with Gasteiger partial charge in [-0.2, -0.15) is 0 Å². The van der Waals surface area contributed by atoms with Crippen molar-refractivity contribution < 1.29 is 14.7 Å². The second-order valence-corrected chi connectivity index (χ2v) is 7.23. The molecule has 28 heavy (non-hydrogen) atoms. The van der Waals surface area contributed by atoms with Gasteiger partial charge >= 0.3 is 0 Å². The average Bonchev–Trinajstić information content (AvgIpc) is 2.99. The number of phenols is 1. The van der Waals surface area contributed by atoms with Gasteiger partial charge in [0, 0.05) is 17.7 Å². The molecule has 140 valence electrons. The summed E-state index contributed by atoms with van der Waals surface area (Å²) in [5.41, 5.74) is 8.77. The second kappa shape index (κ2) is 6.69. The fourth-order valence-corrected chi connectivity index (χ4v) is 3.67. The highest BCUT2D eigenvalue weighted by Gasteiger charge is 2.29. The normalized spacial score (nSPS) is 13.0. The summed E-state index contributed by atoms with van der Waals surface area (Å²) in [6.07, 6.45) is 0. The van der Waals surface area contributed by atoms with Crippen LogP contribution in [0.1, 0.15) is 15.9 Å². The van der Waals surface area contributed by atoms with Crippen molar-refractivity contribution in [1.82, 2.24) is 4.90 Å². The first kappa shape index (κ1) is 18.1. The van der Waals surface area contributed by atoms with Crippen LogP contribution in [0.3, 0.4) is 0 Å². The number of nitrogens with zero attached hydrogens (tertiary/aromatic N) is 1. The van der Waals surface area contributed by atoms with Crippen LogP contribution < -0.4 is 5.73 Å². The number of nitrogens with two attached hydrogens (primary N) is 1. The van der Waals surface area contributed by atoms with Crippen molar-refractivity contribution in [3.05, 3.63) is 76.8 Å². The number of primary amides is 1. The van der Waals surface area contributed by atoms with E-state index in [1.807, 2.05) is 30.3 Å². The van der Waals surface area contributed by atoms with E-state index in [4.69, 9.17) is 17.3 Å². The summed E-state index contributed by atoms with van der Waals surface area (Å²) in [5, 5.41) is 11.9. The number of hydrogen-bond acceptors (Lipinski definition) is 3. The topological polar surface area (TPSA) is 83.6 Å². The predicted molar refractivity (Wildman–Crippen MR) is 109 cm³/mol. The zero-order valence-corrected chi connectivity index (χ0v) is 15.7. The number of amides is 2. The predicted octanol–water partition coefficient (Wildman–Crippen LogP) is 3.86. The summed E-state index contributed by atoms with van der Waals surface area (Å²) < 4.78 is 0. The van der Waals surface area contributed by atoms with Crippen molar-refractivity contribution in [2.75, 3.05) is 6.54 Å². The van der Waals surface area contributed by atoms with Crippen molar-refractivity contribution in [3.63, 3.8) is 0 Å². The van der Waals surface area contributed by atoms with Crippen LogP contribution in [0.15, 0.2) is 60.7 Å². The molecule has 5 nitrogen and oxygen atoms in total. The fraction of sp³-hybridized carbons (Fsp3) is 0.0909. The van der Waals surface area contributed by atoms with Crippen LogP contribution in [0, 0.1) is 0 Å². The zero-order valence-electron chi connectivity index (χ0n) is 14.9. The highest BCUT2D eigenvalue weighted by Crippen LogP contribution is 2.35. The maximum atomic E-state index is 12.7. The summed E-state index contributed by atoms with van der Waals surface area (Å²) >= 11 is 6.04. The number of phenolic OH excluding ortho intramolecular Hbond substituents is 1. The molecule has 1 aliphatic heterocycles. The lowest BCUT2D eigenvalue weighted by atomic mass is 9.96. The maximum Gasteiger partial charge on any atom is 0.254 e. The SMILES string of the molecule is C=C(CN1Cc2c(ccc3ccc(-c4ccc(O)c(Cl)c4)cc23)C1=O)C(N)=O. The third-order valence-electron chi connectivity index (χ3n) is 5.01. The molecule has 0 atom stereocenters. The molecule has 0 aliphatic carbocycles. The van der Waals surface area contributed by atoms with Crippen LogP contribution in [0.4, 0.5) is 0 Å². The molecule has 2 amide bonds. The Morgan fingerprint density at radius 2 is 1.82 bits per heavy atom. The monoisotopic (exact) mass is 392 g/mol. The molecule has 0 unspecified atom stereocenters. The summed E-state index contributed by atoms with van der Waals surface area (Å²) in [5.74, 6) is -0.722. The van der Waals surface area contributed by atoms with E-state index >= 15 is 0 Å². The quantitative estimate of drug-likeness (QED) is 0.661. The van der Waals surface area contributed by atoms with Crippen molar-refractivity contribution in [1.29, 1.82) is 0 Å². The van der Waals surface area contributed by atoms with Crippen molar-refractivity contribution in [3.8, 4) is 16.9 Å². The molecular formula is C22H17ClN2O3. The number of aromatic hydroxyl groups is 1. The van der Waals surface area contributed by atoms with E-state index in [-0.39, 0.29) is 28.8 Å². The Morgan fingerprint density at radius 1 is 1.14 bits per heavy atom. The molecule has 0 spiro atoms. The molecular weight excluding hydrogens is 376 g/mol. The first-order valence-electron chi connectivity index (χ1n) is 8.66. The Kier molecular flexibility index (Phi) is 4.32. The van der Waals surface area contributed by atoms with Crippen LogP contribution in [0.2, 0.25) is 5.02 Å². The fourth-order valence-electron chi connectivity index (χ4n) is 3.49. The number of carbonyl (C=O) groups is 2. The minimum Gasteiger partial charge on any atom is -0.506 e. The van der Waals surface area contributed by atoms with E-state index in [1.165, 1.54) is 0 Å². The van der Waals surface area contributed by atoms with Gasteiger partial charge in [0.25, 0.3) is 5.91 Å². The summed E-state index contributed by atoms with van der Waals surface area (Å²) in [7, 11) is 0. The first-order chi connectivity index (χ1) is 13.3. The molecule has 0 aromatic heterocycles. The van der Waals surface area contributed by atoms with Gasteiger partial charge in [-0.15, -0.1) is 0 Å². The highest BCUT2D eigenvalue weighted by atomic mass is 35.5. The van der Waals surface area contributed by atoms with Gasteiger partial charge in [0.15, 0.2) is 0 Å². The van der Waals surface area contributed by atoms with E-state index in [2.05, 4.69) is 6.58 Å². The third-order valence-corrected chi connectivity index (χ3v) is 5.31. The Morgan fingerprint density at radius 3 is 2.54 bits per heavy atom. The van der Waals surface area contributed by atoms with Gasteiger partial charge in [-0.05, 0) is 51.7 Å². The van der Waals surface area contributed by atoms with Gasteiger partial charge in [-0.1, -0.05) is 42.4 Å². The molecule has 1 heterocycles. The van der Waals surface area contributed by atoms with Crippen molar-refractivity contribution >= 4 is 34.2 Å². The van der Waals surface area contributed by atoms with Crippen LogP contribution in [0.25, 0.3) is 21.9 Å². The molecule has 1 aliphatic rings. The Hall–Kier alpha value is -3.31. The Balaban J connectivity index is 1.77.